The molecule has 3 aromatic rings. The maximum Gasteiger partial charge on any atom is 0.328 e. The van der Waals surface area contributed by atoms with Crippen molar-refractivity contribution in [2.24, 2.45) is 7.05 Å². The van der Waals surface area contributed by atoms with Crippen LogP contribution >= 0.6 is 0 Å². The minimum absolute atomic E-state index is 0.0229. The van der Waals surface area contributed by atoms with E-state index in [4.69, 9.17) is 4.74 Å². The second kappa shape index (κ2) is 7.53. The van der Waals surface area contributed by atoms with Crippen LogP contribution in [0.2, 0.25) is 0 Å². The molecule has 0 N–H and O–H groups in total. The van der Waals surface area contributed by atoms with Crippen molar-refractivity contribution in [1.29, 1.82) is 0 Å². The fourth-order valence-corrected chi connectivity index (χ4v) is 2.94. The summed E-state index contributed by atoms with van der Waals surface area (Å²) >= 11 is 0. The number of aryl methyl sites for hydroxylation is 2. The molecule has 26 heavy (non-hydrogen) atoms. The van der Waals surface area contributed by atoms with Gasteiger partial charge < -0.3 is 4.74 Å². The molecule has 0 aliphatic carbocycles. The molecule has 0 unspecified atom stereocenters. The highest BCUT2D eigenvalue weighted by atomic mass is 16.6. The lowest BCUT2D eigenvalue weighted by Crippen LogP contribution is -2.24. The molecule has 0 aliphatic heterocycles. The number of fused-ring (bicyclic) bond motifs is 1. The molecule has 0 aliphatic rings. The number of benzene rings is 2. The molecule has 0 saturated carbocycles. The van der Waals surface area contributed by atoms with E-state index in [0.29, 0.717) is 30.6 Å². The zero-order chi connectivity index (χ0) is 18.7. The smallest absolute Gasteiger partial charge is 0.328 e. The highest BCUT2D eigenvalue weighted by Crippen LogP contribution is 2.20. The lowest BCUT2D eigenvalue weighted by Gasteiger charge is -2.13. The number of rotatable bonds is 7. The quantitative estimate of drug-likeness (QED) is 0.481. The molecular formula is C19H21N3O4. The molecule has 1 heterocycles. The second-order valence-electron chi connectivity index (χ2n) is 6.32. The van der Waals surface area contributed by atoms with E-state index in [9.17, 15) is 14.9 Å². The van der Waals surface area contributed by atoms with Crippen LogP contribution in [0.15, 0.2) is 53.3 Å². The Balaban J connectivity index is 1.73. The Labute approximate surface area is 150 Å². The Hall–Kier alpha value is -2.93. The van der Waals surface area contributed by atoms with E-state index >= 15 is 0 Å². The summed E-state index contributed by atoms with van der Waals surface area (Å²) in [6.07, 6.45) is 0.588. The molecule has 0 spiro atoms. The maximum atomic E-state index is 12.5. The van der Waals surface area contributed by atoms with Crippen LogP contribution in [0.4, 0.5) is 5.69 Å². The zero-order valence-electron chi connectivity index (χ0n) is 14.8. The summed E-state index contributed by atoms with van der Waals surface area (Å²) in [5, 5.41) is 11.0. The summed E-state index contributed by atoms with van der Waals surface area (Å²) in [5.41, 5.74) is 2.14. The molecule has 0 fully saturated rings. The van der Waals surface area contributed by atoms with Crippen molar-refractivity contribution in [2.45, 2.75) is 32.6 Å². The first-order valence-corrected chi connectivity index (χ1v) is 8.46. The molecule has 3 rings (SSSR count). The van der Waals surface area contributed by atoms with E-state index in [1.54, 1.807) is 17.7 Å². The van der Waals surface area contributed by atoms with Crippen LogP contribution in [0.5, 0.6) is 0 Å². The predicted octanol–water partition coefficient (Wildman–Crippen LogP) is 3.24. The molecular weight excluding hydrogens is 334 g/mol. The summed E-state index contributed by atoms with van der Waals surface area (Å²) in [6, 6.07) is 14.4. The summed E-state index contributed by atoms with van der Waals surface area (Å²) in [4.78, 5) is 23.0. The highest BCUT2D eigenvalue weighted by molar-refractivity contribution is 5.78. The summed E-state index contributed by atoms with van der Waals surface area (Å²) in [7, 11) is 1.67. The number of non-ortho nitro benzene ring substituents is 1. The van der Waals surface area contributed by atoms with Crippen molar-refractivity contribution in [2.75, 3.05) is 0 Å². The average molecular weight is 355 g/mol. The molecule has 0 saturated heterocycles. The minimum atomic E-state index is -0.452. The molecule has 1 atom stereocenters. The molecule has 0 bridgehead atoms. The third-order valence-electron chi connectivity index (χ3n) is 4.48. The second-order valence-corrected chi connectivity index (χ2v) is 6.32. The molecule has 2 aromatic carbocycles. The Bertz CT molecular complexity index is 976. The van der Waals surface area contributed by atoms with Gasteiger partial charge in [0.05, 0.1) is 28.7 Å². The van der Waals surface area contributed by atoms with Crippen LogP contribution in [0.3, 0.4) is 0 Å². The number of nitrogens with zero attached hydrogens (tertiary/aromatic N) is 3. The Morgan fingerprint density at radius 2 is 1.88 bits per heavy atom. The predicted molar refractivity (Wildman–Crippen MR) is 99.1 cm³/mol. The van der Waals surface area contributed by atoms with Gasteiger partial charge in [0, 0.05) is 25.7 Å². The third kappa shape index (κ3) is 3.67. The highest BCUT2D eigenvalue weighted by Gasteiger charge is 2.15. The Morgan fingerprint density at radius 3 is 2.58 bits per heavy atom. The SMILES string of the molecule is C[C@H](CCn1c(=O)n(C)c2ccc([N+](=O)[O-])cc21)OCc1ccccc1. The fourth-order valence-electron chi connectivity index (χ4n) is 2.94. The van der Waals surface area contributed by atoms with Gasteiger partial charge in [0.15, 0.2) is 0 Å². The van der Waals surface area contributed by atoms with E-state index in [1.807, 2.05) is 37.3 Å². The molecule has 0 radical (unpaired) electrons. The number of hydrogen-bond acceptors (Lipinski definition) is 4. The number of imidazole rings is 1. The molecule has 0 amide bonds. The Morgan fingerprint density at radius 1 is 1.15 bits per heavy atom. The monoisotopic (exact) mass is 355 g/mol. The van der Waals surface area contributed by atoms with Crippen LogP contribution in [0.1, 0.15) is 18.9 Å². The summed E-state index contributed by atoms with van der Waals surface area (Å²) < 4.78 is 8.92. The fraction of sp³-hybridized carbons (Fsp3) is 0.316. The third-order valence-corrected chi connectivity index (χ3v) is 4.48. The zero-order valence-corrected chi connectivity index (χ0v) is 14.8. The summed E-state index contributed by atoms with van der Waals surface area (Å²) in [6.45, 7) is 2.91. The van der Waals surface area contributed by atoms with Crippen LogP contribution < -0.4 is 5.69 Å². The van der Waals surface area contributed by atoms with Gasteiger partial charge in [0.2, 0.25) is 0 Å². The summed E-state index contributed by atoms with van der Waals surface area (Å²) in [5.74, 6) is 0. The average Bonchev–Trinajstić information content (AvgIpc) is 2.89. The van der Waals surface area contributed by atoms with Crippen LogP contribution in [0.25, 0.3) is 11.0 Å². The van der Waals surface area contributed by atoms with Gasteiger partial charge in [-0.05, 0) is 25.0 Å². The number of aromatic nitrogens is 2. The lowest BCUT2D eigenvalue weighted by atomic mass is 10.2. The van der Waals surface area contributed by atoms with Gasteiger partial charge in [-0.2, -0.15) is 0 Å². The van der Waals surface area contributed by atoms with Crippen LogP contribution in [-0.4, -0.2) is 20.2 Å². The van der Waals surface area contributed by atoms with E-state index in [-0.39, 0.29) is 17.5 Å². The molecule has 1 aromatic heterocycles. The largest absolute Gasteiger partial charge is 0.374 e. The van der Waals surface area contributed by atoms with Gasteiger partial charge in [0.1, 0.15) is 0 Å². The van der Waals surface area contributed by atoms with Gasteiger partial charge in [0.25, 0.3) is 5.69 Å². The van der Waals surface area contributed by atoms with Gasteiger partial charge >= 0.3 is 5.69 Å². The first-order chi connectivity index (χ1) is 12.5. The number of nitro groups is 1. The normalized spacial score (nSPS) is 12.4. The molecule has 136 valence electrons. The van der Waals surface area contributed by atoms with Crippen molar-refractivity contribution in [3.8, 4) is 0 Å². The van der Waals surface area contributed by atoms with E-state index < -0.39 is 4.92 Å². The van der Waals surface area contributed by atoms with Crippen LogP contribution in [0, 0.1) is 10.1 Å². The minimum Gasteiger partial charge on any atom is -0.374 e. The molecule has 7 nitrogen and oxygen atoms in total. The van der Waals surface area contributed by atoms with Crippen molar-refractivity contribution >= 4 is 16.7 Å². The van der Waals surface area contributed by atoms with E-state index in [2.05, 4.69) is 0 Å². The molecule has 7 heteroatoms. The first-order valence-electron chi connectivity index (χ1n) is 8.46. The van der Waals surface area contributed by atoms with E-state index in [0.717, 1.165) is 5.56 Å². The van der Waals surface area contributed by atoms with Crippen molar-refractivity contribution in [3.05, 3.63) is 74.7 Å². The van der Waals surface area contributed by atoms with Gasteiger partial charge in [-0.3, -0.25) is 19.2 Å². The lowest BCUT2D eigenvalue weighted by molar-refractivity contribution is -0.384. The van der Waals surface area contributed by atoms with Gasteiger partial charge in [-0.25, -0.2) is 4.79 Å². The van der Waals surface area contributed by atoms with Crippen LogP contribution in [-0.2, 0) is 24.9 Å². The van der Waals surface area contributed by atoms with Gasteiger partial charge in [-0.1, -0.05) is 30.3 Å². The Kier molecular flexibility index (Phi) is 5.18. The van der Waals surface area contributed by atoms with Crippen molar-refractivity contribution < 1.29 is 9.66 Å². The van der Waals surface area contributed by atoms with Crippen molar-refractivity contribution in [1.82, 2.24) is 9.13 Å². The first kappa shape index (κ1) is 17.9. The number of hydrogen-bond donors (Lipinski definition) is 0. The van der Waals surface area contributed by atoms with E-state index in [1.165, 1.54) is 16.7 Å². The van der Waals surface area contributed by atoms with Gasteiger partial charge in [-0.15, -0.1) is 0 Å². The number of ether oxygens (including phenoxy) is 1. The number of nitro benzene ring substituents is 1. The topological polar surface area (TPSA) is 79.3 Å². The standard InChI is InChI=1S/C19H21N3O4/c1-14(26-13-15-6-4-3-5-7-15)10-11-21-18-12-16(22(24)25)8-9-17(18)20(2)19(21)23/h3-9,12,14H,10-11,13H2,1-2H3/t14-/m1/s1. The maximum absolute atomic E-state index is 12.5. The van der Waals surface area contributed by atoms with Crippen molar-refractivity contribution in [3.63, 3.8) is 0 Å².